The van der Waals surface area contributed by atoms with Crippen molar-refractivity contribution in [1.29, 1.82) is 0 Å². The molecule has 0 N–H and O–H groups in total. The van der Waals surface area contributed by atoms with Crippen molar-refractivity contribution in [2.75, 3.05) is 21.2 Å². The van der Waals surface area contributed by atoms with E-state index in [0.29, 0.717) is 6.32 Å². The van der Waals surface area contributed by atoms with Gasteiger partial charge in [-0.2, -0.15) is 0 Å². The Morgan fingerprint density at radius 1 is 1.33 bits per heavy atom. The van der Waals surface area contributed by atoms with Crippen LogP contribution < -0.4 is 5.46 Å². The number of nitrogens with zero attached hydrogens (tertiary/aromatic N) is 1. The highest BCUT2D eigenvalue weighted by atomic mass is 16.5. The van der Waals surface area contributed by atoms with Crippen LogP contribution in [0.1, 0.15) is 0 Å². The van der Waals surface area contributed by atoms with Crippen molar-refractivity contribution in [1.82, 2.24) is 4.81 Å². The molecule has 0 amide bonds. The third-order valence-corrected chi connectivity index (χ3v) is 2.40. The number of esters is 1. The Morgan fingerprint density at radius 2 is 1.93 bits per heavy atom. The van der Waals surface area contributed by atoms with E-state index < -0.39 is 0 Å². The fourth-order valence-electron chi connectivity index (χ4n) is 1.51. The van der Waals surface area contributed by atoms with Crippen molar-refractivity contribution in [3.8, 4) is 0 Å². The summed E-state index contributed by atoms with van der Waals surface area (Å²) in [5, 5.41) is 0. The van der Waals surface area contributed by atoms with Crippen LogP contribution in [0, 0.1) is 0 Å². The number of hydrogen-bond acceptors (Lipinski definition) is 3. The zero-order chi connectivity index (χ0) is 11.3. The molecule has 0 heterocycles. The van der Waals surface area contributed by atoms with Crippen LogP contribution >= 0.6 is 0 Å². The first-order valence-electron chi connectivity index (χ1n) is 4.93. The Kier molecular flexibility index (Phi) is 4.37. The van der Waals surface area contributed by atoms with E-state index in [4.69, 9.17) is 0 Å². The van der Waals surface area contributed by atoms with Gasteiger partial charge in [0.25, 0.3) is 12.8 Å². The maximum Gasteiger partial charge on any atom is 0.300 e. The highest BCUT2D eigenvalue weighted by Gasteiger charge is 2.23. The fourth-order valence-corrected chi connectivity index (χ4v) is 1.51. The van der Waals surface area contributed by atoms with Crippen molar-refractivity contribution in [3.05, 3.63) is 30.3 Å². The lowest BCUT2D eigenvalue weighted by Crippen LogP contribution is -2.45. The molecule has 0 spiro atoms. The molecule has 80 valence electrons. The molecule has 0 aromatic heterocycles. The van der Waals surface area contributed by atoms with Gasteiger partial charge in [-0.15, -0.1) is 0 Å². The van der Waals surface area contributed by atoms with E-state index in [1.54, 1.807) is 0 Å². The molecule has 1 aromatic rings. The predicted octanol–water partition coefficient (Wildman–Crippen LogP) is 0.620. The highest BCUT2D eigenvalue weighted by molar-refractivity contribution is 6.73. The van der Waals surface area contributed by atoms with Crippen LogP contribution in [0.5, 0.6) is 0 Å². The summed E-state index contributed by atoms with van der Waals surface area (Å²) in [5.41, 5.74) is 1.13. The average Bonchev–Trinajstić information content (AvgIpc) is 2.26. The van der Waals surface area contributed by atoms with Crippen molar-refractivity contribution < 1.29 is 9.53 Å². The summed E-state index contributed by atoms with van der Waals surface area (Å²) in [4.78, 5) is 13.3. The standard InChI is InChI=1S/C11H16BNO2/c1-13(2)12(9-11(14)15-3)10-7-5-4-6-8-10/h4-8H,9H2,1-3H3. The second-order valence-corrected chi connectivity index (χ2v) is 3.67. The molecule has 0 radical (unpaired) electrons. The quantitative estimate of drug-likeness (QED) is 0.533. The fraction of sp³-hybridized carbons (Fsp3) is 0.364. The van der Waals surface area contributed by atoms with Gasteiger partial charge in [0, 0.05) is 6.32 Å². The van der Waals surface area contributed by atoms with E-state index in [1.807, 2.05) is 49.2 Å². The third kappa shape index (κ3) is 3.40. The molecule has 0 unspecified atom stereocenters. The first-order chi connectivity index (χ1) is 7.15. The van der Waals surface area contributed by atoms with Crippen molar-refractivity contribution >= 4 is 18.3 Å². The number of carbonyl (C=O) groups is 1. The Balaban J connectivity index is 2.79. The molecular formula is C11H16BNO2. The minimum absolute atomic E-state index is 0.0821. The Hall–Kier alpha value is -1.29. The van der Waals surface area contributed by atoms with E-state index in [-0.39, 0.29) is 12.8 Å². The van der Waals surface area contributed by atoms with Gasteiger partial charge in [-0.3, -0.25) is 4.79 Å². The van der Waals surface area contributed by atoms with E-state index >= 15 is 0 Å². The second-order valence-electron chi connectivity index (χ2n) is 3.67. The summed E-state index contributed by atoms with van der Waals surface area (Å²) in [6, 6.07) is 9.96. The number of rotatable bonds is 4. The van der Waals surface area contributed by atoms with Gasteiger partial charge in [-0.1, -0.05) is 35.8 Å². The van der Waals surface area contributed by atoms with E-state index in [0.717, 1.165) is 5.46 Å². The molecular weight excluding hydrogens is 189 g/mol. The molecule has 0 aliphatic heterocycles. The van der Waals surface area contributed by atoms with Crippen LogP contribution in [0.25, 0.3) is 0 Å². The van der Waals surface area contributed by atoms with Gasteiger partial charge >= 0.3 is 0 Å². The summed E-state index contributed by atoms with van der Waals surface area (Å²) >= 11 is 0. The molecule has 0 aliphatic rings. The van der Waals surface area contributed by atoms with Crippen LogP contribution in [-0.4, -0.2) is 38.8 Å². The number of benzene rings is 1. The number of ether oxygens (including phenoxy) is 1. The molecule has 4 heteroatoms. The molecule has 0 saturated heterocycles. The van der Waals surface area contributed by atoms with E-state index in [2.05, 4.69) is 4.74 Å². The highest BCUT2D eigenvalue weighted by Crippen LogP contribution is 1.99. The SMILES string of the molecule is COC(=O)CB(c1ccccc1)N(C)C. The van der Waals surface area contributed by atoms with Crippen LogP contribution in [0.3, 0.4) is 0 Å². The minimum Gasteiger partial charge on any atom is -0.469 e. The van der Waals surface area contributed by atoms with Gasteiger partial charge < -0.3 is 9.55 Å². The molecule has 0 fully saturated rings. The topological polar surface area (TPSA) is 29.5 Å². The third-order valence-electron chi connectivity index (χ3n) is 2.40. The van der Waals surface area contributed by atoms with Gasteiger partial charge in [0.15, 0.2) is 0 Å². The molecule has 15 heavy (non-hydrogen) atoms. The number of hydrogen-bond donors (Lipinski definition) is 0. The molecule has 0 saturated carbocycles. The second kappa shape index (κ2) is 5.56. The molecule has 3 nitrogen and oxygen atoms in total. The maximum absolute atomic E-state index is 11.3. The van der Waals surface area contributed by atoms with E-state index in [9.17, 15) is 4.79 Å². The van der Waals surface area contributed by atoms with Gasteiger partial charge in [-0.25, -0.2) is 0 Å². The lowest BCUT2D eigenvalue weighted by atomic mass is 9.52. The normalized spacial score (nSPS) is 10.1. The van der Waals surface area contributed by atoms with Gasteiger partial charge in [0.2, 0.25) is 0 Å². The zero-order valence-electron chi connectivity index (χ0n) is 9.43. The molecule has 0 bridgehead atoms. The minimum atomic E-state index is -0.183. The lowest BCUT2D eigenvalue weighted by molar-refractivity contribution is -0.138. The average molecular weight is 205 g/mol. The predicted molar refractivity (Wildman–Crippen MR) is 62.3 cm³/mol. The summed E-state index contributed by atoms with van der Waals surface area (Å²) in [6.07, 6.45) is 0.382. The monoisotopic (exact) mass is 205 g/mol. The summed E-state index contributed by atoms with van der Waals surface area (Å²) < 4.78 is 4.69. The summed E-state index contributed by atoms with van der Waals surface area (Å²) in [6.45, 7) is 0.0821. The molecule has 1 aromatic carbocycles. The first kappa shape index (κ1) is 11.8. The largest absolute Gasteiger partial charge is 0.469 e. The number of methoxy groups -OCH3 is 1. The Bertz CT molecular complexity index is 314. The smallest absolute Gasteiger partial charge is 0.300 e. The zero-order valence-corrected chi connectivity index (χ0v) is 9.43. The van der Waals surface area contributed by atoms with Crippen LogP contribution in [0.4, 0.5) is 0 Å². The molecule has 0 aliphatic carbocycles. The van der Waals surface area contributed by atoms with Gasteiger partial charge in [0.05, 0.1) is 7.11 Å². The lowest BCUT2D eigenvalue weighted by Gasteiger charge is -2.19. The molecule has 1 rings (SSSR count). The van der Waals surface area contributed by atoms with Crippen molar-refractivity contribution in [3.63, 3.8) is 0 Å². The summed E-state index contributed by atoms with van der Waals surface area (Å²) in [5.74, 6) is -0.183. The number of carbonyl (C=O) groups excluding carboxylic acids is 1. The van der Waals surface area contributed by atoms with Gasteiger partial charge in [0.1, 0.15) is 0 Å². The maximum atomic E-state index is 11.3. The Labute approximate surface area is 91.1 Å². The van der Waals surface area contributed by atoms with Crippen LogP contribution in [-0.2, 0) is 9.53 Å². The van der Waals surface area contributed by atoms with E-state index in [1.165, 1.54) is 7.11 Å². The first-order valence-corrected chi connectivity index (χ1v) is 4.93. The van der Waals surface area contributed by atoms with Crippen molar-refractivity contribution in [2.45, 2.75) is 6.32 Å². The van der Waals surface area contributed by atoms with Crippen LogP contribution in [0.2, 0.25) is 6.32 Å². The van der Waals surface area contributed by atoms with Gasteiger partial charge in [-0.05, 0) is 14.1 Å². The molecule has 0 atom stereocenters. The summed E-state index contributed by atoms with van der Waals surface area (Å²) in [7, 11) is 5.33. The van der Waals surface area contributed by atoms with Crippen molar-refractivity contribution in [2.24, 2.45) is 0 Å². The van der Waals surface area contributed by atoms with Crippen LogP contribution in [0.15, 0.2) is 30.3 Å². The Morgan fingerprint density at radius 3 is 2.40 bits per heavy atom.